The maximum absolute atomic E-state index is 12.0. The smallest absolute Gasteiger partial charge is 0.295 e. The maximum Gasteiger partial charge on any atom is 0.328 e. The van der Waals surface area contributed by atoms with E-state index in [1.807, 2.05) is 24.3 Å². The number of fused-ring (bicyclic) bond motifs is 1. The van der Waals surface area contributed by atoms with Crippen LogP contribution in [0.2, 0.25) is 0 Å². The largest absolute Gasteiger partial charge is 0.328 e. The van der Waals surface area contributed by atoms with Crippen LogP contribution in [-0.2, 0) is 13.6 Å². The van der Waals surface area contributed by atoms with E-state index in [0.717, 1.165) is 23.9 Å². The predicted octanol–water partition coefficient (Wildman–Crippen LogP) is 2.48. The standard InChI is InChI=1S/C13H17FN2O/c1-15-11-7-3-4-8-12(11)16(13(15)17)10-6-2-5-9-14/h3-4,7-8H,2,5-6,9-10H2,1H3. The van der Waals surface area contributed by atoms with Crippen LogP contribution < -0.4 is 5.69 Å². The minimum absolute atomic E-state index is 0.00597. The Balaban J connectivity index is 2.27. The highest BCUT2D eigenvalue weighted by Gasteiger charge is 2.08. The monoisotopic (exact) mass is 236 g/mol. The number of para-hydroxylation sites is 2. The van der Waals surface area contributed by atoms with E-state index in [4.69, 9.17) is 0 Å². The molecule has 0 spiro atoms. The van der Waals surface area contributed by atoms with Crippen molar-refractivity contribution >= 4 is 11.0 Å². The Morgan fingerprint density at radius 1 is 1.12 bits per heavy atom. The first kappa shape index (κ1) is 11.9. The number of benzene rings is 1. The number of nitrogens with zero attached hydrogens (tertiary/aromatic N) is 2. The molecule has 0 aliphatic rings. The molecule has 1 aromatic carbocycles. The molecule has 0 saturated heterocycles. The normalized spacial score (nSPS) is 11.2. The molecule has 1 aromatic heterocycles. The number of alkyl halides is 1. The molecule has 1 heterocycles. The number of hydrogen-bond acceptors (Lipinski definition) is 1. The summed E-state index contributed by atoms with van der Waals surface area (Å²) < 4.78 is 15.4. The zero-order chi connectivity index (χ0) is 12.3. The number of aryl methyl sites for hydroxylation is 2. The third-order valence-electron chi connectivity index (χ3n) is 3.07. The fourth-order valence-corrected chi connectivity index (χ4v) is 2.12. The van der Waals surface area contributed by atoms with Crippen LogP contribution in [0.4, 0.5) is 4.39 Å². The summed E-state index contributed by atoms with van der Waals surface area (Å²) in [6.45, 7) is 0.393. The van der Waals surface area contributed by atoms with E-state index >= 15 is 0 Å². The zero-order valence-electron chi connectivity index (χ0n) is 10.0. The van der Waals surface area contributed by atoms with Gasteiger partial charge in [-0.1, -0.05) is 12.1 Å². The topological polar surface area (TPSA) is 26.9 Å². The minimum atomic E-state index is -0.273. The summed E-state index contributed by atoms with van der Waals surface area (Å²) in [5.41, 5.74) is 1.91. The van der Waals surface area contributed by atoms with Crippen LogP contribution in [0.25, 0.3) is 11.0 Å². The van der Waals surface area contributed by atoms with Crippen LogP contribution in [0.1, 0.15) is 19.3 Å². The molecule has 0 N–H and O–H groups in total. The molecule has 4 heteroatoms. The molecule has 0 unspecified atom stereocenters. The van der Waals surface area contributed by atoms with Gasteiger partial charge in [-0.15, -0.1) is 0 Å². The van der Waals surface area contributed by atoms with E-state index in [0.29, 0.717) is 13.0 Å². The van der Waals surface area contributed by atoms with Crippen LogP contribution in [0, 0.1) is 0 Å². The first-order valence-electron chi connectivity index (χ1n) is 5.96. The second-order valence-corrected chi connectivity index (χ2v) is 4.23. The molecule has 0 aliphatic carbocycles. The van der Waals surface area contributed by atoms with Crippen molar-refractivity contribution in [3.63, 3.8) is 0 Å². The van der Waals surface area contributed by atoms with Gasteiger partial charge in [0, 0.05) is 13.6 Å². The summed E-state index contributed by atoms with van der Waals surface area (Å²) in [4.78, 5) is 12.0. The van der Waals surface area contributed by atoms with Crippen LogP contribution in [0.5, 0.6) is 0 Å². The lowest BCUT2D eigenvalue weighted by atomic mass is 10.2. The van der Waals surface area contributed by atoms with E-state index in [9.17, 15) is 9.18 Å². The molecular formula is C13H17FN2O. The van der Waals surface area contributed by atoms with Gasteiger partial charge in [-0.05, 0) is 31.4 Å². The molecule has 0 fully saturated rings. The van der Waals surface area contributed by atoms with Crippen LogP contribution >= 0.6 is 0 Å². The Morgan fingerprint density at radius 2 is 1.82 bits per heavy atom. The highest BCUT2D eigenvalue weighted by Crippen LogP contribution is 2.12. The van der Waals surface area contributed by atoms with E-state index in [1.54, 1.807) is 16.2 Å². The average Bonchev–Trinajstić information content (AvgIpc) is 2.60. The quantitative estimate of drug-likeness (QED) is 0.733. The first-order chi connectivity index (χ1) is 8.25. The average molecular weight is 236 g/mol. The van der Waals surface area contributed by atoms with Gasteiger partial charge >= 0.3 is 5.69 Å². The lowest BCUT2D eigenvalue weighted by Crippen LogP contribution is -2.22. The second kappa shape index (κ2) is 5.17. The van der Waals surface area contributed by atoms with Gasteiger partial charge in [-0.2, -0.15) is 0 Å². The molecule has 0 bridgehead atoms. The predicted molar refractivity (Wildman–Crippen MR) is 67.0 cm³/mol. The summed E-state index contributed by atoms with van der Waals surface area (Å²) in [6.07, 6.45) is 2.25. The highest BCUT2D eigenvalue weighted by molar-refractivity contribution is 5.75. The number of hydrogen-bond donors (Lipinski definition) is 0. The molecule has 0 amide bonds. The van der Waals surface area contributed by atoms with Gasteiger partial charge in [-0.3, -0.25) is 13.5 Å². The highest BCUT2D eigenvalue weighted by atomic mass is 19.1. The summed E-state index contributed by atoms with van der Waals surface area (Å²) in [7, 11) is 1.78. The molecule has 0 radical (unpaired) electrons. The van der Waals surface area contributed by atoms with E-state index in [2.05, 4.69) is 0 Å². The third kappa shape index (κ3) is 2.25. The van der Waals surface area contributed by atoms with Gasteiger partial charge in [0.25, 0.3) is 0 Å². The Hall–Kier alpha value is -1.58. The number of halogens is 1. The molecule has 92 valence electrons. The minimum Gasteiger partial charge on any atom is -0.295 e. The summed E-state index contributed by atoms with van der Waals surface area (Å²) in [6, 6.07) is 7.75. The molecule has 2 rings (SSSR count). The van der Waals surface area contributed by atoms with Crippen molar-refractivity contribution in [2.24, 2.45) is 7.05 Å². The second-order valence-electron chi connectivity index (χ2n) is 4.23. The number of imidazole rings is 1. The third-order valence-corrected chi connectivity index (χ3v) is 3.07. The summed E-state index contributed by atoms with van der Waals surface area (Å²) >= 11 is 0. The number of aromatic nitrogens is 2. The number of rotatable bonds is 5. The van der Waals surface area contributed by atoms with Crippen LogP contribution in [0.15, 0.2) is 29.1 Å². The van der Waals surface area contributed by atoms with Crippen molar-refractivity contribution in [2.75, 3.05) is 6.67 Å². The molecule has 0 atom stereocenters. The Kier molecular flexibility index (Phi) is 3.61. The van der Waals surface area contributed by atoms with Crippen LogP contribution in [-0.4, -0.2) is 15.8 Å². The molecule has 3 nitrogen and oxygen atoms in total. The lowest BCUT2D eigenvalue weighted by Gasteiger charge is -2.02. The van der Waals surface area contributed by atoms with Crippen molar-refractivity contribution < 1.29 is 4.39 Å². The summed E-state index contributed by atoms with van der Waals surface area (Å²) in [5, 5.41) is 0. The van der Waals surface area contributed by atoms with Crippen LogP contribution in [0.3, 0.4) is 0 Å². The van der Waals surface area contributed by atoms with Gasteiger partial charge in [0.2, 0.25) is 0 Å². The molecule has 2 aromatic rings. The lowest BCUT2D eigenvalue weighted by molar-refractivity contribution is 0.447. The molecule has 0 saturated carbocycles. The van der Waals surface area contributed by atoms with Gasteiger partial charge in [0.1, 0.15) is 0 Å². The molecular weight excluding hydrogens is 219 g/mol. The van der Waals surface area contributed by atoms with Gasteiger partial charge in [0.15, 0.2) is 0 Å². The first-order valence-corrected chi connectivity index (χ1v) is 5.96. The van der Waals surface area contributed by atoms with Crippen molar-refractivity contribution in [3.8, 4) is 0 Å². The van der Waals surface area contributed by atoms with Crippen molar-refractivity contribution in [1.29, 1.82) is 0 Å². The van der Waals surface area contributed by atoms with Crippen molar-refractivity contribution in [2.45, 2.75) is 25.8 Å². The summed E-state index contributed by atoms with van der Waals surface area (Å²) in [5.74, 6) is 0. The SMILES string of the molecule is Cn1c(=O)n(CCCCCF)c2ccccc21. The van der Waals surface area contributed by atoms with Crippen molar-refractivity contribution in [1.82, 2.24) is 9.13 Å². The van der Waals surface area contributed by atoms with Gasteiger partial charge in [-0.25, -0.2) is 4.79 Å². The van der Waals surface area contributed by atoms with E-state index < -0.39 is 0 Å². The fourth-order valence-electron chi connectivity index (χ4n) is 2.12. The van der Waals surface area contributed by atoms with Gasteiger partial charge in [0.05, 0.1) is 17.7 Å². The van der Waals surface area contributed by atoms with Gasteiger partial charge < -0.3 is 0 Å². The molecule has 0 aliphatic heterocycles. The zero-order valence-corrected chi connectivity index (χ0v) is 10.0. The van der Waals surface area contributed by atoms with E-state index in [1.165, 1.54) is 0 Å². The van der Waals surface area contributed by atoms with Crippen molar-refractivity contribution in [3.05, 3.63) is 34.7 Å². The Bertz CT molecular complexity index is 556. The Morgan fingerprint density at radius 3 is 2.53 bits per heavy atom. The number of unbranched alkanes of at least 4 members (excludes halogenated alkanes) is 2. The Labute approximate surface area is 99.5 Å². The molecule has 17 heavy (non-hydrogen) atoms. The fraction of sp³-hybridized carbons (Fsp3) is 0.462. The maximum atomic E-state index is 12.0. The van der Waals surface area contributed by atoms with E-state index in [-0.39, 0.29) is 12.4 Å².